The molecule has 25 heavy (non-hydrogen) atoms. The van der Waals surface area contributed by atoms with E-state index in [0.717, 1.165) is 49.7 Å². The number of amides is 1. The highest BCUT2D eigenvalue weighted by Gasteiger charge is 2.21. The fourth-order valence-electron chi connectivity index (χ4n) is 2.66. The lowest BCUT2D eigenvalue weighted by atomic mass is 10.2. The molecule has 1 amide bonds. The number of hydrogen-bond acceptors (Lipinski definition) is 2. The Morgan fingerprint density at radius 1 is 1.28 bits per heavy atom. The summed E-state index contributed by atoms with van der Waals surface area (Å²) in [5, 5.41) is 6.58. The molecule has 5 nitrogen and oxygen atoms in total. The Hall–Kier alpha value is -1.57. The SMILES string of the molecule is CC=CCCNC(=NCc1ccc(N2CCCC2=O)cc1)NCC.I. The van der Waals surface area contributed by atoms with E-state index in [1.165, 1.54) is 0 Å². The topological polar surface area (TPSA) is 56.7 Å². The molecule has 0 spiro atoms. The number of rotatable bonds is 7. The van der Waals surface area contributed by atoms with Crippen molar-refractivity contribution in [3.63, 3.8) is 0 Å². The van der Waals surface area contributed by atoms with Gasteiger partial charge < -0.3 is 15.5 Å². The van der Waals surface area contributed by atoms with E-state index < -0.39 is 0 Å². The zero-order chi connectivity index (χ0) is 17.2. The van der Waals surface area contributed by atoms with E-state index >= 15 is 0 Å². The van der Waals surface area contributed by atoms with Gasteiger partial charge in [0, 0.05) is 31.7 Å². The number of hydrogen-bond donors (Lipinski definition) is 2. The van der Waals surface area contributed by atoms with Crippen LogP contribution in [0.3, 0.4) is 0 Å². The number of anilines is 1. The first-order valence-corrected chi connectivity index (χ1v) is 8.77. The van der Waals surface area contributed by atoms with E-state index in [4.69, 9.17) is 0 Å². The molecule has 0 saturated carbocycles. The van der Waals surface area contributed by atoms with Gasteiger partial charge in [0.2, 0.25) is 5.91 Å². The second-order valence-corrected chi connectivity index (χ2v) is 5.80. The first-order chi connectivity index (χ1) is 11.7. The molecule has 1 aromatic carbocycles. The number of aliphatic imine (C=N–C) groups is 1. The van der Waals surface area contributed by atoms with Gasteiger partial charge in [0.25, 0.3) is 0 Å². The molecular formula is C19H29IN4O. The van der Waals surface area contributed by atoms with Crippen molar-refractivity contribution in [2.45, 2.75) is 39.7 Å². The molecular weight excluding hydrogens is 427 g/mol. The average Bonchev–Trinajstić information content (AvgIpc) is 3.03. The van der Waals surface area contributed by atoms with Gasteiger partial charge in [-0.2, -0.15) is 0 Å². The normalized spacial score (nSPS) is 14.7. The third-order valence-electron chi connectivity index (χ3n) is 3.92. The van der Waals surface area contributed by atoms with Crippen LogP contribution in [-0.2, 0) is 11.3 Å². The Kier molecular flexibility index (Phi) is 10.2. The largest absolute Gasteiger partial charge is 0.357 e. The summed E-state index contributed by atoms with van der Waals surface area (Å²) in [7, 11) is 0. The lowest BCUT2D eigenvalue weighted by Gasteiger charge is -2.15. The predicted octanol–water partition coefficient (Wildman–Crippen LogP) is 3.45. The molecule has 2 rings (SSSR count). The number of carbonyl (C=O) groups excluding carboxylic acids is 1. The molecule has 0 atom stereocenters. The van der Waals surface area contributed by atoms with Crippen LogP contribution < -0.4 is 15.5 Å². The molecule has 0 aliphatic carbocycles. The van der Waals surface area contributed by atoms with E-state index in [0.29, 0.717) is 13.0 Å². The van der Waals surface area contributed by atoms with Crippen molar-refractivity contribution in [1.82, 2.24) is 10.6 Å². The monoisotopic (exact) mass is 456 g/mol. The predicted molar refractivity (Wildman–Crippen MR) is 116 cm³/mol. The molecule has 0 radical (unpaired) electrons. The highest BCUT2D eigenvalue weighted by atomic mass is 127. The van der Waals surface area contributed by atoms with Crippen LogP contribution in [-0.4, -0.2) is 31.5 Å². The van der Waals surface area contributed by atoms with E-state index in [9.17, 15) is 4.79 Å². The maximum absolute atomic E-state index is 11.8. The van der Waals surface area contributed by atoms with Crippen LogP contribution in [0.1, 0.15) is 38.7 Å². The fraction of sp³-hybridized carbons (Fsp3) is 0.474. The number of halogens is 1. The molecule has 0 bridgehead atoms. The summed E-state index contributed by atoms with van der Waals surface area (Å²) >= 11 is 0. The summed E-state index contributed by atoms with van der Waals surface area (Å²) in [6, 6.07) is 8.13. The number of carbonyl (C=O) groups is 1. The molecule has 0 unspecified atom stereocenters. The third kappa shape index (κ3) is 7.05. The van der Waals surface area contributed by atoms with Crippen molar-refractivity contribution in [1.29, 1.82) is 0 Å². The minimum Gasteiger partial charge on any atom is -0.357 e. The van der Waals surface area contributed by atoms with Gasteiger partial charge in [-0.3, -0.25) is 4.79 Å². The average molecular weight is 456 g/mol. The molecule has 1 aliphatic heterocycles. The van der Waals surface area contributed by atoms with Gasteiger partial charge in [0.05, 0.1) is 6.54 Å². The van der Waals surface area contributed by atoms with E-state index in [2.05, 4.69) is 34.7 Å². The first-order valence-electron chi connectivity index (χ1n) is 8.77. The minimum absolute atomic E-state index is 0. The minimum atomic E-state index is 0. The lowest BCUT2D eigenvalue weighted by Crippen LogP contribution is -2.37. The Balaban J connectivity index is 0.00000312. The quantitative estimate of drug-likeness (QED) is 0.217. The second-order valence-electron chi connectivity index (χ2n) is 5.80. The van der Waals surface area contributed by atoms with Gasteiger partial charge in [-0.25, -0.2) is 4.99 Å². The van der Waals surface area contributed by atoms with Gasteiger partial charge >= 0.3 is 0 Å². The number of guanidine groups is 1. The van der Waals surface area contributed by atoms with Crippen molar-refractivity contribution in [2.75, 3.05) is 24.5 Å². The van der Waals surface area contributed by atoms with Crippen molar-refractivity contribution in [3.05, 3.63) is 42.0 Å². The van der Waals surface area contributed by atoms with E-state index in [1.54, 1.807) is 0 Å². The van der Waals surface area contributed by atoms with Gasteiger partial charge in [-0.05, 0) is 44.4 Å². The zero-order valence-corrected chi connectivity index (χ0v) is 17.5. The maximum Gasteiger partial charge on any atom is 0.227 e. The van der Waals surface area contributed by atoms with Gasteiger partial charge in [0.1, 0.15) is 0 Å². The standard InChI is InChI=1S/C19H28N4O.HI/c1-3-5-6-13-21-19(20-4-2)22-15-16-9-11-17(12-10-16)23-14-7-8-18(23)24;/h3,5,9-12H,4,6-8,13-15H2,1-2H3,(H2,20,21,22);1H. The third-order valence-corrected chi connectivity index (χ3v) is 3.92. The highest BCUT2D eigenvalue weighted by molar-refractivity contribution is 14.0. The summed E-state index contributed by atoms with van der Waals surface area (Å²) in [6.45, 7) is 7.24. The molecule has 1 heterocycles. The summed E-state index contributed by atoms with van der Waals surface area (Å²) in [5.74, 6) is 1.06. The molecule has 1 aliphatic rings. The Morgan fingerprint density at radius 2 is 2.04 bits per heavy atom. The van der Waals surface area contributed by atoms with Crippen molar-refractivity contribution in [3.8, 4) is 0 Å². The number of allylic oxidation sites excluding steroid dienone is 1. The highest BCUT2D eigenvalue weighted by Crippen LogP contribution is 2.21. The Morgan fingerprint density at radius 3 is 2.64 bits per heavy atom. The van der Waals surface area contributed by atoms with Crippen LogP contribution in [0.25, 0.3) is 0 Å². The first kappa shape index (κ1) is 21.5. The Bertz CT molecular complexity index is 584. The van der Waals surface area contributed by atoms with Crippen molar-refractivity contribution < 1.29 is 4.79 Å². The maximum atomic E-state index is 11.8. The smallest absolute Gasteiger partial charge is 0.227 e. The van der Waals surface area contributed by atoms with Crippen LogP contribution in [0, 0.1) is 0 Å². The molecule has 1 saturated heterocycles. The van der Waals surface area contributed by atoms with Crippen LogP contribution >= 0.6 is 24.0 Å². The van der Waals surface area contributed by atoms with E-state index in [1.807, 2.05) is 36.1 Å². The fourth-order valence-corrected chi connectivity index (χ4v) is 2.66. The summed E-state index contributed by atoms with van der Waals surface area (Å²) < 4.78 is 0. The van der Waals surface area contributed by atoms with Crippen LogP contribution in [0.15, 0.2) is 41.4 Å². The lowest BCUT2D eigenvalue weighted by molar-refractivity contribution is -0.117. The number of nitrogens with zero attached hydrogens (tertiary/aromatic N) is 2. The molecule has 2 N–H and O–H groups in total. The van der Waals surface area contributed by atoms with Crippen LogP contribution in [0.4, 0.5) is 5.69 Å². The number of nitrogens with one attached hydrogen (secondary N) is 2. The molecule has 0 aromatic heterocycles. The van der Waals surface area contributed by atoms with Crippen LogP contribution in [0.5, 0.6) is 0 Å². The molecule has 1 aromatic rings. The van der Waals surface area contributed by atoms with Gasteiger partial charge in [-0.15, -0.1) is 24.0 Å². The second kappa shape index (κ2) is 11.9. The van der Waals surface area contributed by atoms with Gasteiger partial charge in [-0.1, -0.05) is 24.3 Å². The molecule has 1 fully saturated rings. The van der Waals surface area contributed by atoms with E-state index in [-0.39, 0.29) is 29.9 Å². The number of benzene rings is 1. The van der Waals surface area contributed by atoms with Crippen molar-refractivity contribution in [2.24, 2.45) is 4.99 Å². The summed E-state index contributed by atoms with van der Waals surface area (Å²) in [6.07, 6.45) is 6.79. The Labute approximate surface area is 168 Å². The summed E-state index contributed by atoms with van der Waals surface area (Å²) in [4.78, 5) is 18.3. The molecule has 6 heteroatoms. The van der Waals surface area contributed by atoms with Gasteiger partial charge in [0.15, 0.2) is 5.96 Å². The summed E-state index contributed by atoms with van der Waals surface area (Å²) in [5.41, 5.74) is 2.12. The van der Waals surface area contributed by atoms with Crippen LogP contribution in [0.2, 0.25) is 0 Å². The zero-order valence-electron chi connectivity index (χ0n) is 15.1. The van der Waals surface area contributed by atoms with Crippen molar-refractivity contribution >= 4 is 41.5 Å². The molecule has 138 valence electrons.